The summed E-state index contributed by atoms with van der Waals surface area (Å²) >= 11 is 5.83. The number of rotatable bonds is 2. The van der Waals surface area contributed by atoms with Gasteiger partial charge in [-0.1, -0.05) is 11.6 Å². The highest BCUT2D eigenvalue weighted by Crippen LogP contribution is 2.24. The first-order valence-electron chi connectivity index (χ1n) is 4.43. The highest BCUT2D eigenvalue weighted by Gasteiger charge is 2.11. The molecule has 1 aromatic heterocycles. The molecule has 0 unspecified atom stereocenters. The molecule has 78 valence electrons. The lowest BCUT2D eigenvalue weighted by Crippen LogP contribution is -2.03. The Balaban J connectivity index is 2.41. The second-order valence-corrected chi connectivity index (χ2v) is 3.58. The van der Waals surface area contributed by atoms with E-state index in [1.165, 1.54) is 7.11 Å². The Morgan fingerprint density at radius 2 is 2.33 bits per heavy atom. The third kappa shape index (κ3) is 1.97. The fourth-order valence-corrected chi connectivity index (χ4v) is 1.60. The lowest BCUT2D eigenvalue weighted by atomic mass is 10.1. The van der Waals surface area contributed by atoms with Crippen molar-refractivity contribution in [2.45, 2.75) is 6.42 Å². The molecule has 0 aliphatic rings. The number of methoxy groups -OCH3 is 1. The number of hydrogen-bond donors (Lipinski definition) is 0. The maximum absolute atomic E-state index is 11.1. The van der Waals surface area contributed by atoms with Crippen LogP contribution < -0.4 is 0 Å². The standard InChI is InChI=1S/C11H9ClO3/c1-14-11(13)5-10-9-3-2-8(12)4-7(9)6-15-10/h2-4,6H,5H2,1H3. The molecule has 0 spiro atoms. The summed E-state index contributed by atoms with van der Waals surface area (Å²) in [6.45, 7) is 0. The molecule has 0 fully saturated rings. The molecule has 3 nitrogen and oxygen atoms in total. The molecule has 0 atom stereocenters. The van der Waals surface area contributed by atoms with Crippen molar-refractivity contribution in [3.8, 4) is 0 Å². The normalized spacial score (nSPS) is 10.5. The van der Waals surface area contributed by atoms with Gasteiger partial charge in [0.25, 0.3) is 0 Å². The highest BCUT2D eigenvalue weighted by atomic mass is 35.5. The Morgan fingerprint density at radius 1 is 1.53 bits per heavy atom. The molecule has 15 heavy (non-hydrogen) atoms. The van der Waals surface area contributed by atoms with Gasteiger partial charge in [0.15, 0.2) is 0 Å². The van der Waals surface area contributed by atoms with Gasteiger partial charge in [-0.25, -0.2) is 0 Å². The highest BCUT2D eigenvalue weighted by molar-refractivity contribution is 6.31. The maximum Gasteiger partial charge on any atom is 0.313 e. The van der Waals surface area contributed by atoms with Crippen molar-refractivity contribution < 1.29 is 13.9 Å². The van der Waals surface area contributed by atoms with Crippen LogP contribution in [0.4, 0.5) is 0 Å². The predicted molar refractivity (Wildman–Crippen MR) is 56.9 cm³/mol. The number of furan rings is 1. The smallest absolute Gasteiger partial charge is 0.313 e. The van der Waals surface area contributed by atoms with Gasteiger partial charge in [0.05, 0.1) is 13.4 Å². The molecule has 4 heteroatoms. The number of benzene rings is 1. The molecular weight excluding hydrogens is 216 g/mol. The summed E-state index contributed by atoms with van der Waals surface area (Å²) in [7, 11) is 1.35. The van der Waals surface area contributed by atoms with Crippen LogP contribution >= 0.6 is 11.6 Å². The number of hydrogen-bond acceptors (Lipinski definition) is 3. The van der Waals surface area contributed by atoms with Crippen molar-refractivity contribution in [2.75, 3.05) is 7.11 Å². The lowest BCUT2D eigenvalue weighted by Gasteiger charge is -1.96. The van der Waals surface area contributed by atoms with Crippen molar-refractivity contribution in [2.24, 2.45) is 0 Å². The van der Waals surface area contributed by atoms with Gasteiger partial charge < -0.3 is 9.15 Å². The largest absolute Gasteiger partial charge is 0.469 e. The second-order valence-electron chi connectivity index (χ2n) is 3.14. The molecule has 2 aromatic rings. The van der Waals surface area contributed by atoms with Crippen molar-refractivity contribution >= 4 is 28.3 Å². The summed E-state index contributed by atoms with van der Waals surface area (Å²) < 4.78 is 9.85. The van der Waals surface area contributed by atoms with Gasteiger partial charge in [-0.15, -0.1) is 0 Å². The van der Waals surface area contributed by atoms with Gasteiger partial charge in [-0.05, 0) is 18.2 Å². The first-order chi connectivity index (χ1) is 7.20. The number of fused-ring (bicyclic) bond motifs is 1. The number of carbonyl (C=O) groups excluding carboxylic acids is 1. The minimum atomic E-state index is -0.318. The third-order valence-electron chi connectivity index (χ3n) is 2.17. The van der Waals surface area contributed by atoms with E-state index in [9.17, 15) is 4.79 Å². The van der Waals surface area contributed by atoms with Crippen LogP contribution in [0.1, 0.15) is 5.76 Å². The molecule has 2 rings (SSSR count). The van der Waals surface area contributed by atoms with Crippen LogP contribution in [0.25, 0.3) is 10.8 Å². The van der Waals surface area contributed by atoms with Crippen molar-refractivity contribution in [3.05, 3.63) is 35.2 Å². The van der Waals surface area contributed by atoms with Gasteiger partial charge in [-0.3, -0.25) is 4.79 Å². The van der Waals surface area contributed by atoms with E-state index in [1.54, 1.807) is 18.4 Å². The van der Waals surface area contributed by atoms with Crippen LogP contribution in [0.5, 0.6) is 0 Å². The Hall–Kier alpha value is -1.48. The van der Waals surface area contributed by atoms with Crippen LogP contribution in [-0.4, -0.2) is 13.1 Å². The van der Waals surface area contributed by atoms with Crippen molar-refractivity contribution in [3.63, 3.8) is 0 Å². The molecule has 1 heterocycles. The summed E-state index contributed by atoms with van der Waals surface area (Å²) in [6.07, 6.45) is 1.72. The number of esters is 1. The van der Waals surface area contributed by atoms with Gasteiger partial charge in [0.1, 0.15) is 12.2 Å². The van der Waals surface area contributed by atoms with E-state index in [0.29, 0.717) is 10.8 Å². The zero-order valence-corrected chi connectivity index (χ0v) is 8.88. The Morgan fingerprint density at radius 3 is 3.07 bits per heavy atom. The lowest BCUT2D eigenvalue weighted by molar-refractivity contribution is -0.140. The second kappa shape index (κ2) is 3.95. The summed E-state index contributed by atoms with van der Waals surface area (Å²) in [4.78, 5) is 11.1. The van der Waals surface area contributed by atoms with E-state index in [-0.39, 0.29) is 12.4 Å². The first-order valence-corrected chi connectivity index (χ1v) is 4.81. The van der Waals surface area contributed by atoms with Crippen LogP contribution in [0.3, 0.4) is 0 Å². The summed E-state index contributed by atoms with van der Waals surface area (Å²) in [5.74, 6) is 0.287. The molecule has 0 aliphatic carbocycles. The fraction of sp³-hybridized carbons (Fsp3) is 0.182. The van der Waals surface area contributed by atoms with E-state index in [2.05, 4.69) is 4.74 Å². The number of ether oxygens (including phenoxy) is 1. The molecule has 0 bridgehead atoms. The molecule has 0 saturated carbocycles. The maximum atomic E-state index is 11.1. The quantitative estimate of drug-likeness (QED) is 0.737. The van der Waals surface area contributed by atoms with Gasteiger partial charge in [0.2, 0.25) is 0 Å². The molecule has 0 radical (unpaired) electrons. The van der Waals surface area contributed by atoms with Gasteiger partial charge in [-0.2, -0.15) is 0 Å². The average Bonchev–Trinajstić information content (AvgIpc) is 2.60. The topological polar surface area (TPSA) is 39.4 Å². The van der Waals surface area contributed by atoms with Crippen LogP contribution in [0.15, 0.2) is 28.9 Å². The van der Waals surface area contributed by atoms with E-state index in [0.717, 1.165) is 10.8 Å². The van der Waals surface area contributed by atoms with Crippen LogP contribution in [0, 0.1) is 0 Å². The van der Waals surface area contributed by atoms with Crippen molar-refractivity contribution in [1.29, 1.82) is 0 Å². The van der Waals surface area contributed by atoms with E-state index >= 15 is 0 Å². The molecule has 0 amide bonds. The van der Waals surface area contributed by atoms with Gasteiger partial charge >= 0.3 is 5.97 Å². The van der Waals surface area contributed by atoms with E-state index < -0.39 is 0 Å². The summed E-state index contributed by atoms with van der Waals surface area (Å²) in [6, 6.07) is 5.39. The SMILES string of the molecule is COC(=O)Cc1occ2cc(Cl)ccc12. The third-order valence-corrected chi connectivity index (χ3v) is 2.41. The monoisotopic (exact) mass is 224 g/mol. The zero-order valence-electron chi connectivity index (χ0n) is 8.12. The minimum Gasteiger partial charge on any atom is -0.469 e. The number of halogens is 1. The summed E-state index contributed by atoms with van der Waals surface area (Å²) in [5.41, 5.74) is 0. The molecule has 0 N–H and O–H groups in total. The zero-order chi connectivity index (χ0) is 10.8. The Bertz CT molecular complexity index is 502. The van der Waals surface area contributed by atoms with E-state index in [1.807, 2.05) is 6.07 Å². The average molecular weight is 225 g/mol. The molecule has 0 aliphatic heterocycles. The van der Waals surface area contributed by atoms with Crippen molar-refractivity contribution in [1.82, 2.24) is 0 Å². The molecule has 0 saturated heterocycles. The molecule has 1 aromatic carbocycles. The fourth-order valence-electron chi connectivity index (χ4n) is 1.42. The summed E-state index contributed by atoms with van der Waals surface area (Å²) in [5, 5.41) is 2.43. The Kier molecular flexibility index (Phi) is 2.64. The van der Waals surface area contributed by atoms with Crippen LogP contribution in [0.2, 0.25) is 5.02 Å². The first kappa shape index (κ1) is 10.1. The minimum absolute atomic E-state index is 0.141. The predicted octanol–water partition coefficient (Wildman–Crippen LogP) is 2.80. The molecular formula is C11H9ClO3. The van der Waals surface area contributed by atoms with Gasteiger partial charge in [0, 0.05) is 15.8 Å². The number of carbonyl (C=O) groups is 1. The van der Waals surface area contributed by atoms with Crippen LogP contribution in [-0.2, 0) is 16.0 Å². The van der Waals surface area contributed by atoms with E-state index in [4.69, 9.17) is 16.0 Å². The Labute approximate surface area is 91.6 Å².